The molecule has 1 unspecified atom stereocenters. The van der Waals surface area contributed by atoms with Gasteiger partial charge < -0.3 is 15.2 Å². The van der Waals surface area contributed by atoms with E-state index in [0.29, 0.717) is 13.2 Å². The minimum Gasteiger partial charge on any atom is -0.488 e. The summed E-state index contributed by atoms with van der Waals surface area (Å²) in [4.78, 5) is 4.31. The average molecular weight is 270 g/mol. The molecular formula is C16H18N2O2. The Balaban J connectivity index is 1.53. The first-order chi connectivity index (χ1) is 9.85. The third-order valence-electron chi connectivity index (χ3n) is 3.35. The fourth-order valence-electron chi connectivity index (χ4n) is 2.33. The highest BCUT2D eigenvalue weighted by molar-refractivity contribution is 5.37. The first kappa shape index (κ1) is 12.9. The molecule has 0 saturated carbocycles. The van der Waals surface area contributed by atoms with Gasteiger partial charge >= 0.3 is 0 Å². The second-order valence-corrected chi connectivity index (χ2v) is 4.89. The third kappa shape index (κ3) is 2.91. The lowest BCUT2D eigenvalue weighted by Gasteiger charge is -2.12. The summed E-state index contributed by atoms with van der Waals surface area (Å²) in [6.45, 7) is 1.15. The summed E-state index contributed by atoms with van der Waals surface area (Å²) in [7, 11) is 0. The van der Waals surface area contributed by atoms with Crippen molar-refractivity contribution in [3.8, 4) is 11.5 Å². The maximum atomic E-state index is 5.83. The smallest absolute Gasteiger partial charge is 0.137 e. The number of pyridine rings is 1. The van der Waals surface area contributed by atoms with Crippen molar-refractivity contribution >= 4 is 0 Å². The third-order valence-corrected chi connectivity index (χ3v) is 3.35. The number of nitrogens with two attached hydrogens (primary N) is 1. The molecule has 0 amide bonds. The molecule has 0 saturated heterocycles. The van der Waals surface area contributed by atoms with Gasteiger partial charge in [-0.05, 0) is 30.3 Å². The Bertz CT molecular complexity index is 544. The summed E-state index contributed by atoms with van der Waals surface area (Å²) < 4.78 is 11.6. The predicted molar refractivity (Wildman–Crippen MR) is 77.1 cm³/mol. The lowest BCUT2D eigenvalue weighted by atomic mass is 10.1. The number of hydrogen-bond donors (Lipinski definition) is 1. The summed E-state index contributed by atoms with van der Waals surface area (Å²) in [6.07, 6.45) is 3.51. The van der Waals surface area contributed by atoms with Gasteiger partial charge in [-0.15, -0.1) is 0 Å². The van der Waals surface area contributed by atoms with Gasteiger partial charge in [-0.3, -0.25) is 4.98 Å². The number of aromatic nitrogens is 1. The Morgan fingerprint density at radius 1 is 1.25 bits per heavy atom. The van der Waals surface area contributed by atoms with Crippen molar-refractivity contribution < 1.29 is 9.47 Å². The quantitative estimate of drug-likeness (QED) is 0.902. The SMILES string of the molecule is NCCc1ccc(OCC2Cc3ccccc3O2)cn1. The predicted octanol–water partition coefficient (Wildman–Crippen LogP) is 1.97. The van der Waals surface area contributed by atoms with Gasteiger partial charge in [0.15, 0.2) is 0 Å². The van der Waals surface area contributed by atoms with Gasteiger partial charge in [0.25, 0.3) is 0 Å². The van der Waals surface area contributed by atoms with Gasteiger partial charge in [-0.25, -0.2) is 0 Å². The fourth-order valence-corrected chi connectivity index (χ4v) is 2.33. The standard InChI is InChI=1S/C16H18N2O2/c17-8-7-13-5-6-14(10-18-13)19-11-15-9-12-3-1-2-4-16(12)20-15/h1-6,10,15H,7-9,11,17H2. The van der Waals surface area contributed by atoms with Crippen LogP contribution in [0.4, 0.5) is 0 Å². The molecule has 0 bridgehead atoms. The number of nitrogens with zero attached hydrogens (tertiary/aromatic N) is 1. The van der Waals surface area contributed by atoms with Crippen LogP contribution >= 0.6 is 0 Å². The summed E-state index contributed by atoms with van der Waals surface area (Å²) in [5.74, 6) is 1.74. The van der Waals surface area contributed by atoms with E-state index in [4.69, 9.17) is 15.2 Å². The van der Waals surface area contributed by atoms with E-state index in [1.54, 1.807) is 6.20 Å². The second kappa shape index (κ2) is 5.92. The van der Waals surface area contributed by atoms with Crippen LogP contribution in [0.2, 0.25) is 0 Å². The molecule has 2 N–H and O–H groups in total. The van der Waals surface area contributed by atoms with Crippen LogP contribution in [0, 0.1) is 0 Å². The highest BCUT2D eigenvalue weighted by Crippen LogP contribution is 2.28. The van der Waals surface area contributed by atoms with Crippen molar-refractivity contribution in [2.45, 2.75) is 18.9 Å². The molecule has 20 heavy (non-hydrogen) atoms. The molecule has 2 heterocycles. The van der Waals surface area contributed by atoms with Crippen molar-refractivity contribution in [3.63, 3.8) is 0 Å². The topological polar surface area (TPSA) is 57.4 Å². The van der Waals surface area contributed by atoms with Crippen LogP contribution in [0.5, 0.6) is 11.5 Å². The first-order valence-electron chi connectivity index (χ1n) is 6.87. The summed E-state index contributed by atoms with van der Waals surface area (Å²) in [5.41, 5.74) is 7.73. The monoisotopic (exact) mass is 270 g/mol. The van der Waals surface area contributed by atoms with E-state index in [2.05, 4.69) is 11.1 Å². The molecular weight excluding hydrogens is 252 g/mol. The maximum Gasteiger partial charge on any atom is 0.137 e. The van der Waals surface area contributed by atoms with Crippen molar-refractivity contribution in [3.05, 3.63) is 53.9 Å². The molecule has 4 heteroatoms. The van der Waals surface area contributed by atoms with E-state index >= 15 is 0 Å². The van der Waals surface area contributed by atoms with Gasteiger partial charge in [-0.1, -0.05) is 18.2 Å². The Hall–Kier alpha value is -2.07. The molecule has 1 aliphatic heterocycles. The van der Waals surface area contributed by atoms with Crippen LogP contribution in [0.25, 0.3) is 0 Å². The van der Waals surface area contributed by atoms with Crippen LogP contribution in [0.1, 0.15) is 11.3 Å². The van der Waals surface area contributed by atoms with E-state index in [-0.39, 0.29) is 6.10 Å². The van der Waals surface area contributed by atoms with Crippen LogP contribution < -0.4 is 15.2 Å². The lowest BCUT2D eigenvalue weighted by molar-refractivity contribution is 0.148. The molecule has 0 radical (unpaired) electrons. The van der Waals surface area contributed by atoms with E-state index in [9.17, 15) is 0 Å². The molecule has 1 aromatic heterocycles. The van der Waals surface area contributed by atoms with E-state index in [1.165, 1.54) is 5.56 Å². The van der Waals surface area contributed by atoms with Crippen LogP contribution in [-0.2, 0) is 12.8 Å². The molecule has 1 aliphatic rings. The molecule has 2 aromatic rings. The Kier molecular flexibility index (Phi) is 3.83. The van der Waals surface area contributed by atoms with Gasteiger partial charge in [0.2, 0.25) is 0 Å². The average Bonchev–Trinajstić information content (AvgIpc) is 2.90. The molecule has 1 aromatic carbocycles. The summed E-state index contributed by atoms with van der Waals surface area (Å²) in [5, 5.41) is 0. The summed E-state index contributed by atoms with van der Waals surface area (Å²) in [6, 6.07) is 12.0. The van der Waals surface area contributed by atoms with Crippen molar-refractivity contribution in [2.24, 2.45) is 5.73 Å². The summed E-state index contributed by atoms with van der Waals surface area (Å²) >= 11 is 0. The van der Waals surface area contributed by atoms with Crippen molar-refractivity contribution in [1.29, 1.82) is 0 Å². The minimum absolute atomic E-state index is 0.0797. The van der Waals surface area contributed by atoms with Crippen LogP contribution in [0.15, 0.2) is 42.6 Å². The number of rotatable bonds is 5. The Labute approximate surface area is 118 Å². The number of fused-ring (bicyclic) bond motifs is 1. The van der Waals surface area contributed by atoms with Crippen LogP contribution in [0.3, 0.4) is 0 Å². The maximum absolute atomic E-state index is 5.83. The molecule has 0 spiro atoms. The molecule has 4 nitrogen and oxygen atoms in total. The largest absolute Gasteiger partial charge is 0.488 e. The van der Waals surface area contributed by atoms with E-state index < -0.39 is 0 Å². The second-order valence-electron chi connectivity index (χ2n) is 4.89. The van der Waals surface area contributed by atoms with Gasteiger partial charge in [0.05, 0.1) is 6.20 Å². The highest BCUT2D eigenvalue weighted by atomic mass is 16.5. The number of hydrogen-bond acceptors (Lipinski definition) is 4. The van der Waals surface area contributed by atoms with Crippen molar-refractivity contribution in [2.75, 3.05) is 13.2 Å². The van der Waals surface area contributed by atoms with Crippen LogP contribution in [-0.4, -0.2) is 24.2 Å². The Morgan fingerprint density at radius 3 is 2.90 bits per heavy atom. The normalized spacial score (nSPS) is 16.6. The van der Waals surface area contributed by atoms with E-state index in [0.717, 1.165) is 30.0 Å². The fraction of sp³-hybridized carbons (Fsp3) is 0.312. The van der Waals surface area contributed by atoms with Gasteiger partial charge in [0.1, 0.15) is 24.2 Å². The molecule has 104 valence electrons. The number of ether oxygens (including phenoxy) is 2. The van der Waals surface area contributed by atoms with E-state index in [1.807, 2.05) is 30.3 Å². The first-order valence-corrected chi connectivity index (χ1v) is 6.87. The number of para-hydroxylation sites is 1. The van der Waals surface area contributed by atoms with Gasteiger partial charge in [0, 0.05) is 18.5 Å². The zero-order valence-electron chi connectivity index (χ0n) is 11.3. The molecule has 0 aliphatic carbocycles. The lowest BCUT2D eigenvalue weighted by Crippen LogP contribution is -2.22. The molecule has 0 fully saturated rings. The highest BCUT2D eigenvalue weighted by Gasteiger charge is 2.22. The van der Waals surface area contributed by atoms with Gasteiger partial charge in [-0.2, -0.15) is 0 Å². The van der Waals surface area contributed by atoms with Crippen molar-refractivity contribution in [1.82, 2.24) is 4.98 Å². The Morgan fingerprint density at radius 2 is 2.15 bits per heavy atom. The minimum atomic E-state index is 0.0797. The zero-order valence-corrected chi connectivity index (χ0v) is 11.3. The zero-order chi connectivity index (χ0) is 13.8. The number of benzene rings is 1. The molecule has 3 rings (SSSR count). The molecule has 1 atom stereocenters.